The van der Waals surface area contributed by atoms with E-state index in [4.69, 9.17) is 0 Å². The van der Waals surface area contributed by atoms with Crippen molar-refractivity contribution in [3.8, 4) is 0 Å². The molecule has 2 aliphatic rings. The van der Waals surface area contributed by atoms with Crippen LogP contribution in [0.15, 0.2) is 0 Å². The van der Waals surface area contributed by atoms with Crippen LogP contribution in [0.4, 0.5) is 0 Å². The maximum Gasteiger partial charge on any atom is 0.0221 e. The quantitative estimate of drug-likeness (QED) is 0.822. The van der Waals surface area contributed by atoms with Crippen LogP contribution in [0.25, 0.3) is 0 Å². The molecule has 0 radical (unpaired) electrons. The van der Waals surface area contributed by atoms with Gasteiger partial charge in [-0.05, 0) is 38.3 Å². The lowest BCUT2D eigenvalue weighted by atomic mass is 9.95. The van der Waals surface area contributed by atoms with Gasteiger partial charge in [-0.25, -0.2) is 0 Å². The first-order valence-electron chi connectivity index (χ1n) is 8.33. The number of nitrogens with zero attached hydrogens (tertiary/aromatic N) is 2. The number of rotatable bonds is 5. The topological polar surface area (TPSA) is 18.5 Å². The van der Waals surface area contributed by atoms with E-state index in [1.807, 2.05) is 0 Å². The van der Waals surface area contributed by atoms with E-state index in [9.17, 15) is 0 Å². The number of likely N-dealkylation sites (tertiary alicyclic amines) is 1. The van der Waals surface area contributed by atoms with Crippen molar-refractivity contribution in [1.29, 1.82) is 0 Å². The summed E-state index contributed by atoms with van der Waals surface area (Å²) >= 11 is 0. The maximum atomic E-state index is 3.74. The van der Waals surface area contributed by atoms with Crippen molar-refractivity contribution in [2.24, 2.45) is 11.8 Å². The summed E-state index contributed by atoms with van der Waals surface area (Å²) in [6.07, 6.45) is 2.69. The van der Waals surface area contributed by atoms with Gasteiger partial charge in [0.05, 0.1) is 0 Å². The Kier molecular flexibility index (Phi) is 5.67. The number of piperazine rings is 1. The molecule has 2 rings (SSSR count). The first-order chi connectivity index (χ1) is 9.13. The lowest BCUT2D eigenvalue weighted by Gasteiger charge is -2.42. The maximum absolute atomic E-state index is 3.74. The number of nitrogens with one attached hydrogen (secondary N) is 1. The molecule has 0 aromatic heterocycles. The van der Waals surface area contributed by atoms with Gasteiger partial charge in [0.15, 0.2) is 0 Å². The van der Waals surface area contributed by atoms with E-state index in [2.05, 4.69) is 42.8 Å². The van der Waals surface area contributed by atoms with Gasteiger partial charge in [0, 0.05) is 38.3 Å². The molecule has 2 heterocycles. The van der Waals surface area contributed by atoms with Gasteiger partial charge in [0.25, 0.3) is 0 Å². The Balaban J connectivity index is 1.84. The Morgan fingerprint density at radius 3 is 2.68 bits per heavy atom. The first kappa shape index (κ1) is 15.3. The molecule has 4 atom stereocenters. The smallest absolute Gasteiger partial charge is 0.0221 e. The van der Waals surface area contributed by atoms with Crippen LogP contribution in [0.3, 0.4) is 0 Å². The third-order valence-electron chi connectivity index (χ3n) is 5.37. The molecule has 1 N–H and O–H groups in total. The van der Waals surface area contributed by atoms with Crippen molar-refractivity contribution < 1.29 is 0 Å². The molecule has 0 aromatic carbocycles. The Morgan fingerprint density at radius 2 is 2.05 bits per heavy atom. The normalized spacial score (nSPS) is 35.7. The van der Waals surface area contributed by atoms with E-state index in [0.29, 0.717) is 12.1 Å². The monoisotopic (exact) mass is 267 g/mol. The summed E-state index contributed by atoms with van der Waals surface area (Å²) < 4.78 is 0. The zero-order chi connectivity index (χ0) is 13.8. The van der Waals surface area contributed by atoms with Crippen LogP contribution in [0, 0.1) is 11.8 Å². The van der Waals surface area contributed by atoms with Crippen molar-refractivity contribution in [2.75, 3.05) is 39.3 Å². The standard InChI is InChI=1S/C16H33N3/c1-5-13(3)16-12-19(14(4)9-17-16)11-15-7-8-18(6-2)10-15/h13-17H,5-12H2,1-4H3. The highest BCUT2D eigenvalue weighted by Gasteiger charge is 2.31. The van der Waals surface area contributed by atoms with E-state index in [1.54, 1.807) is 0 Å². The molecule has 19 heavy (non-hydrogen) atoms. The van der Waals surface area contributed by atoms with E-state index in [-0.39, 0.29) is 0 Å². The predicted octanol–water partition coefficient (Wildman–Crippen LogP) is 2.04. The van der Waals surface area contributed by atoms with Crippen LogP contribution in [-0.2, 0) is 0 Å². The molecule has 0 aliphatic carbocycles. The van der Waals surface area contributed by atoms with Gasteiger partial charge >= 0.3 is 0 Å². The molecule has 0 spiro atoms. The highest BCUT2D eigenvalue weighted by atomic mass is 15.2. The van der Waals surface area contributed by atoms with Crippen LogP contribution < -0.4 is 5.32 Å². The fourth-order valence-corrected chi connectivity index (χ4v) is 3.55. The molecule has 2 saturated heterocycles. The van der Waals surface area contributed by atoms with Gasteiger partial charge in [-0.15, -0.1) is 0 Å². The largest absolute Gasteiger partial charge is 0.311 e. The third kappa shape index (κ3) is 3.93. The minimum Gasteiger partial charge on any atom is -0.311 e. The van der Waals surface area contributed by atoms with Gasteiger partial charge in [0.1, 0.15) is 0 Å². The SMILES string of the molecule is CCC(C)C1CN(CC2CCN(CC)C2)C(C)CN1. The van der Waals surface area contributed by atoms with Gasteiger partial charge < -0.3 is 10.2 Å². The molecule has 0 saturated carbocycles. The summed E-state index contributed by atoms with van der Waals surface area (Å²) in [6.45, 7) is 17.0. The molecule has 3 heteroatoms. The lowest BCUT2D eigenvalue weighted by molar-refractivity contribution is 0.102. The number of hydrogen-bond acceptors (Lipinski definition) is 3. The second-order valence-corrected chi connectivity index (χ2v) is 6.75. The highest BCUT2D eigenvalue weighted by molar-refractivity contribution is 4.88. The summed E-state index contributed by atoms with van der Waals surface area (Å²) in [6, 6.07) is 1.40. The summed E-state index contributed by atoms with van der Waals surface area (Å²) in [5.41, 5.74) is 0. The molecular formula is C16H33N3. The highest BCUT2D eigenvalue weighted by Crippen LogP contribution is 2.21. The van der Waals surface area contributed by atoms with Gasteiger partial charge in [-0.2, -0.15) is 0 Å². The Labute approximate surface area is 119 Å². The summed E-state index contributed by atoms with van der Waals surface area (Å²) in [4.78, 5) is 5.35. The van der Waals surface area contributed by atoms with E-state index < -0.39 is 0 Å². The van der Waals surface area contributed by atoms with Crippen LogP contribution >= 0.6 is 0 Å². The molecule has 0 bridgehead atoms. The summed E-state index contributed by atoms with van der Waals surface area (Å²) in [5.74, 6) is 1.70. The van der Waals surface area contributed by atoms with E-state index >= 15 is 0 Å². The van der Waals surface area contributed by atoms with Crippen LogP contribution in [0.2, 0.25) is 0 Å². The summed E-state index contributed by atoms with van der Waals surface area (Å²) in [7, 11) is 0. The molecule has 3 nitrogen and oxygen atoms in total. The van der Waals surface area contributed by atoms with Crippen molar-refractivity contribution in [3.05, 3.63) is 0 Å². The van der Waals surface area contributed by atoms with Crippen LogP contribution in [0.5, 0.6) is 0 Å². The second-order valence-electron chi connectivity index (χ2n) is 6.75. The average molecular weight is 267 g/mol. The molecule has 0 aromatic rings. The summed E-state index contributed by atoms with van der Waals surface area (Å²) in [5, 5.41) is 3.74. The Bertz CT molecular complexity index is 269. The molecule has 0 amide bonds. The predicted molar refractivity (Wildman–Crippen MR) is 82.5 cm³/mol. The van der Waals surface area contributed by atoms with E-state index in [1.165, 1.54) is 52.1 Å². The zero-order valence-electron chi connectivity index (χ0n) is 13.4. The molecule has 4 unspecified atom stereocenters. The van der Waals surface area contributed by atoms with Crippen molar-refractivity contribution in [3.63, 3.8) is 0 Å². The average Bonchev–Trinajstić information content (AvgIpc) is 2.88. The molecule has 112 valence electrons. The van der Waals surface area contributed by atoms with Gasteiger partial charge in [-0.3, -0.25) is 4.90 Å². The lowest BCUT2D eigenvalue weighted by Crippen LogP contribution is -2.58. The van der Waals surface area contributed by atoms with Crippen molar-refractivity contribution >= 4 is 0 Å². The minimum absolute atomic E-state index is 0.699. The van der Waals surface area contributed by atoms with Gasteiger partial charge in [-0.1, -0.05) is 27.2 Å². The zero-order valence-corrected chi connectivity index (χ0v) is 13.4. The molecule has 2 fully saturated rings. The Hall–Kier alpha value is -0.120. The van der Waals surface area contributed by atoms with Crippen LogP contribution in [0.1, 0.15) is 40.5 Å². The van der Waals surface area contributed by atoms with E-state index in [0.717, 1.165) is 11.8 Å². The number of hydrogen-bond donors (Lipinski definition) is 1. The molecular weight excluding hydrogens is 234 g/mol. The van der Waals surface area contributed by atoms with Gasteiger partial charge in [0.2, 0.25) is 0 Å². The fraction of sp³-hybridized carbons (Fsp3) is 1.00. The fourth-order valence-electron chi connectivity index (χ4n) is 3.55. The first-order valence-corrected chi connectivity index (χ1v) is 8.33. The van der Waals surface area contributed by atoms with Crippen molar-refractivity contribution in [1.82, 2.24) is 15.1 Å². The van der Waals surface area contributed by atoms with Crippen molar-refractivity contribution in [2.45, 2.75) is 52.6 Å². The molecule has 2 aliphatic heterocycles. The third-order valence-corrected chi connectivity index (χ3v) is 5.37. The van der Waals surface area contributed by atoms with Crippen LogP contribution in [-0.4, -0.2) is 61.2 Å². The second kappa shape index (κ2) is 7.05. The Morgan fingerprint density at radius 1 is 1.26 bits per heavy atom. The minimum atomic E-state index is 0.699.